The van der Waals surface area contributed by atoms with Crippen LogP contribution in [0.25, 0.3) is 0 Å². The van der Waals surface area contributed by atoms with Gasteiger partial charge in [-0.15, -0.1) is 0 Å². The van der Waals surface area contributed by atoms with Crippen molar-refractivity contribution in [3.05, 3.63) is 0 Å². The van der Waals surface area contributed by atoms with Crippen LogP contribution in [0, 0.1) is 0 Å². The van der Waals surface area contributed by atoms with Crippen LogP contribution in [0.4, 0.5) is 0 Å². The molecule has 0 saturated heterocycles. The molecule has 0 aliphatic rings. The number of rotatable bonds is 11. The molecule has 0 bridgehead atoms. The van der Waals surface area contributed by atoms with E-state index in [1.54, 1.807) is 6.92 Å². The minimum Gasteiger partial charge on any atom is -0.390 e. The molecular formula is C10H26O6Si2. The highest BCUT2D eigenvalue weighted by atomic mass is 28.4. The van der Waals surface area contributed by atoms with E-state index in [1.165, 1.54) is 0 Å². The molecule has 0 spiro atoms. The lowest BCUT2D eigenvalue weighted by Crippen LogP contribution is -2.49. The average Bonchev–Trinajstić information content (AvgIpc) is 2.28. The molecule has 0 amide bonds. The van der Waals surface area contributed by atoms with Gasteiger partial charge in [-0.3, -0.25) is 0 Å². The summed E-state index contributed by atoms with van der Waals surface area (Å²) >= 11 is 0. The topological polar surface area (TPSA) is 77.4 Å². The van der Waals surface area contributed by atoms with E-state index in [-0.39, 0.29) is 12.7 Å². The van der Waals surface area contributed by atoms with Crippen LogP contribution >= 0.6 is 0 Å². The van der Waals surface area contributed by atoms with Gasteiger partial charge in [0.05, 0.1) is 0 Å². The highest BCUT2D eigenvalue weighted by Crippen LogP contribution is 2.22. The van der Waals surface area contributed by atoms with Crippen molar-refractivity contribution in [2.45, 2.75) is 39.8 Å². The van der Waals surface area contributed by atoms with Gasteiger partial charge >= 0.3 is 17.6 Å². The summed E-state index contributed by atoms with van der Waals surface area (Å²) in [6.45, 7) is 9.05. The number of hydrogen-bond acceptors (Lipinski definition) is 6. The van der Waals surface area contributed by atoms with Crippen LogP contribution in [-0.2, 0) is 17.7 Å². The molecule has 0 radical (unpaired) electrons. The summed E-state index contributed by atoms with van der Waals surface area (Å²) in [5, 5.41) is 0. The van der Waals surface area contributed by atoms with Crippen LogP contribution in [0.2, 0.25) is 12.1 Å². The van der Waals surface area contributed by atoms with Gasteiger partial charge in [0.2, 0.25) is 0 Å². The van der Waals surface area contributed by atoms with Gasteiger partial charge in [-0.05, 0) is 27.7 Å². The van der Waals surface area contributed by atoms with E-state index in [1.807, 2.05) is 20.8 Å². The van der Waals surface area contributed by atoms with Crippen LogP contribution in [0.3, 0.4) is 0 Å². The van der Waals surface area contributed by atoms with Crippen LogP contribution in [0.5, 0.6) is 0 Å². The van der Waals surface area contributed by atoms with Gasteiger partial charge < -0.3 is 27.3 Å². The van der Waals surface area contributed by atoms with Crippen molar-refractivity contribution in [1.29, 1.82) is 0 Å². The third-order valence-electron chi connectivity index (χ3n) is 2.23. The van der Waals surface area contributed by atoms with Gasteiger partial charge in [0, 0.05) is 38.5 Å². The maximum Gasteiger partial charge on any atom is 0.500 e. The minimum atomic E-state index is -3.61. The second-order valence-electron chi connectivity index (χ2n) is 3.66. The van der Waals surface area contributed by atoms with Crippen LogP contribution < -0.4 is 0 Å². The van der Waals surface area contributed by atoms with E-state index in [2.05, 4.69) is 0 Å². The second-order valence-corrected chi connectivity index (χ2v) is 8.67. The normalized spacial score (nSPS) is 13.0. The Balaban J connectivity index is 4.55. The second kappa shape index (κ2) is 9.15. The standard InChI is InChI=1S/C10H26O6Si2/c1-5-13-17(11,12)9-10-18(14-6-2,15-7-3)16-8-4/h11-12H,5-10H2,1-4H3. The molecule has 110 valence electrons. The summed E-state index contributed by atoms with van der Waals surface area (Å²) in [5.41, 5.74) is 0. The van der Waals surface area contributed by atoms with Crippen molar-refractivity contribution < 1.29 is 27.3 Å². The minimum absolute atomic E-state index is 0.132. The maximum atomic E-state index is 9.71. The molecule has 0 heterocycles. The fourth-order valence-electron chi connectivity index (χ4n) is 1.62. The summed E-state index contributed by atoms with van der Waals surface area (Å²) in [7, 11) is -6.41. The third kappa shape index (κ3) is 6.95. The summed E-state index contributed by atoms with van der Waals surface area (Å²) in [6, 6.07) is 0.495. The molecule has 0 aromatic rings. The molecule has 0 aliphatic carbocycles. The van der Waals surface area contributed by atoms with Crippen LogP contribution in [0.1, 0.15) is 27.7 Å². The monoisotopic (exact) mass is 298 g/mol. The first kappa shape index (κ1) is 18.2. The van der Waals surface area contributed by atoms with Crippen LogP contribution in [-0.4, -0.2) is 53.6 Å². The van der Waals surface area contributed by atoms with Crippen molar-refractivity contribution >= 4 is 17.6 Å². The first-order chi connectivity index (χ1) is 8.45. The van der Waals surface area contributed by atoms with E-state index >= 15 is 0 Å². The molecular weight excluding hydrogens is 272 g/mol. The molecule has 0 aromatic heterocycles. The molecule has 8 heteroatoms. The quantitative estimate of drug-likeness (QED) is 0.554. The Morgan fingerprint density at radius 1 is 0.667 bits per heavy atom. The Kier molecular flexibility index (Phi) is 9.25. The lowest BCUT2D eigenvalue weighted by Gasteiger charge is -2.29. The summed E-state index contributed by atoms with van der Waals surface area (Å²) in [5.74, 6) is 0. The Morgan fingerprint density at radius 2 is 1.06 bits per heavy atom. The lowest BCUT2D eigenvalue weighted by atomic mass is 10.9. The van der Waals surface area contributed by atoms with Gasteiger partial charge in [0.25, 0.3) is 0 Å². The van der Waals surface area contributed by atoms with Crippen molar-refractivity contribution in [3.63, 3.8) is 0 Å². The van der Waals surface area contributed by atoms with Crippen LogP contribution in [0.15, 0.2) is 0 Å². The van der Waals surface area contributed by atoms with Gasteiger partial charge in [0.1, 0.15) is 0 Å². The molecule has 2 N–H and O–H groups in total. The molecule has 0 aromatic carbocycles. The van der Waals surface area contributed by atoms with Crippen molar-refractivity contribution in [2.24, 2.45) is 0 Å². The summed E-state index contributed by atoms with van der Waals surface area (Å²) < 4.78 is 21.8. The SMILES string of the molecule is CCO[Si](O)(O)CC[Si](OCC)(OCC)OCC. The Labute approximate surface area is 112 Å². The highest BCUT2D eigenvalue weighted by Gasteiger charge is 2.45. The van der Waals surface area contributed by atoms with Crippen molar-refractivity contribution in [3.8, 4) is 0 Å². The van der Waals surface area contributed by atoms with Gasteiger partial charge in [-0.25, -0.2) is 0 Å². The first-order valence-corrected chi connectivity index (χ1v) is 10.4. The third-order valence-corrected chi connectivity index (χ3v) is 7.43. The summed E-state index contributed by atoms with van der Waals surface area (Å²) in [6.07, 6.45) is 0. The predicted octanol–water partition coefficient (Wildman–Crippen LogP) is 0.995. The van der Waals surface area contributed by atoms with Gasteiger partial charge in [-0.2, -0.15) is 0 Å². The molecule has 0 rings (SSSR count). The zero-order valence-corrected chi connectivity index (χ0v) is 13.8. The fourth-order valence-corrected chi connectivity index (χ4v) is 6.76. The molecule has 0 atom stereocenters. The lowest BCUT2D eigenvalue weighted by molar-refractivity contribution is 0.0700. The fraction of sp³-hybridized carbons (Fsp3) is 1.00. The highest BCUT2D eigenvalue weighted by molar-refractivity contribution is 6.65. The van der Waals surface area contributed by atoms with E-state index in [0.29, 0.717) is 25.9 Å². The first-order valence-electron chi connectivity index (χ1n) is 6.45. The maximum absolute atomic E-state index is 9.71. The summed E-state index contributed by atoms with van der Waals surface area (Å²) in [4.78, 5) is 19.4. The van der Waals surface area contributed by atoms with Crippen molar-refractivity contribution in [2.75, 3.05) is 26.4 Å². The van der Waals surface area contributed by atoms with Gasteiger partial charge in [-0.1, -0.05) is 0 Å². The van der Waals surface area contributed by atoms with E-state index in [0.717, 1.165) is 0 Å². The molecule has 0 fully saturated rings. The smallest absolute Gasteiger partial charge is 0.390 e. The number of hydrogen-bond donors (Lipinski definition) is 2. The van der Waals surface area contributed by atoms with E-state index < -0.39 is 17.6 Å². The zero-order chi connectivity index (χ0) is 14.1. The van der Waals surface area contributed by atoms with E-state index in [4.69, 9.17) is 17.7 Å². The largest absolute Gasteiger partial charge is 0.500 e. The van der Waals surface area contributed by atoms with E-state index in [9.17, 15) is 9.59 Å². The Hall–Kier alpha value is 0.194. The average molecular weight is 298 g/mol. The molecule has 0 unspecified atom stereocenters. The zero-order valence-electron chi connectivity index (χ0n) is 11.8. The van der Waals surface area contributed by atoms with Gasteiger partial charge in [0.15, 0.2) is 0 Å². The molecule has 0 saturated carbocycles. The Morgan fingerprint density at radius 3 is 1.39 bits per heavy atom. The molecule has 6 nitrogen and oxygen atoms in total. The molecule has 0 aliphatic heterocycles. The Bertz CT molecular complexity index is 198. The predicted molar refractivity (Wildman–Crippen MR) is 72.1 cm³/mol. The van der Waals surface area contributed by atoms with Crippen molar-refractivity contribution in [1.82, 2.24) is 0 Å². The molecule has 18 heavy (non-hydrogen) atoms.